The number of nitrogens with zero attached hydrogens (tertiary/aromatic N) is 1. The Morgan fingerprint density at radius 2 is 1.85 bits per heavy atom. The van der Waals surface area contributed by atoms with E-state index in [9.17, 15) is 13.2 Å². The monoisotopic (exact) mass is 391 g/mol. The Hall–Kier alpha value is -2.42. The van der Waals surface area contributed by atoms with Gasteiger partial charge in [-0.25, -0.2) is 13.1 Å². The van der Waals surface area contributed by atoms with E-state index in [-0.39, 0.29) is 17.3 Å². The van der Waals surface area contributed by atoms with Crippen molar-refractivity contribution in [2.24, 2.45) is 0 Å². The maximum atomic E-state index is 12.6. The zero-order valence-electron chi connectivity index (χ0n) is 15.7. The number of nitrogens with one attached hydrogen (secondary N) is 2. The molecule has 0 aromatic heterocycles. The number of hydrogen-bond donors (Lipinski definition) is 2. The highest BCUT2D eigenvalue weighted by atomic mass is 32.2. The lowest BCUT2D eigenvalue weighted by Crippen LogP contribution is -2.31. The van der Waals surface area contributed by atoms with Crippen molar-refractivity contribution in [2.45, 2.75) is 11.4 Å². The number of hydrogen-bond acceptors (Lipinski definition) is 5. The third-order valence-corrected chi connectivity index (χ3v) is 5.30. The number of para-hydroxylation sites is 1. The smallest absolute Gasteiger partial charge is 0.251 e. The maximum absolute atomic E-state index is 12.6. The fourth-order valence-electron chi connectivity index (χ4n) is 2.40. The molecule has 0 radical (unpaired) electrons. The second-order valence-corrected chi connectivity index (χ2v) is 7.99. The van der Waals surface area contributed by atoms with E-state index in [4.69, 9.17) is 4.74 Å². The lowest BCUT2D eigenvalue weighted by Gasteiger charge is -2.12. The van der Waals surface area contributed by atoms with Gasteiger partial charge in [0, 0.05) is 30.8 Å². The average Bonchev–Trinajstić information content (AvgIpc) is 2.66. The number of carbonyl (C=O) groups excluding carboxylic acids is 1. The van der Waals surface area contributed by atoms with Crippen molar-refractivity contribution in [3.63, 3.8) is 0 Å². The predicted molar refractivity (Wildman–Crippen MR) is 104 cm³/mol. The highest BCUT2D eigenvalue weighted by Gasteiger charge is 2.17. The van der Waals surface area contributed by atoms with Gasteiger partial charge in [-0.3, -0.25) is 4.79 Å². The summed E-state index contributed by atoms with van der Waals surface area (Å²) in [4.78, 5) is 14.2. The molecule has 2 rings (SSSR count). The van der Waals surface area contributed by atoms with Gasteiger partial charge in [-0.1, -0.05) is 24.3 Å². The van der Waals surface area contributed by atoms with Crippen LogP contribution in [-0.4, -0.2) is 53.5 Å². The van der Waals surface area contributed by atoms with Crippen molar-refractivity contribution in [1.82, 2.24) is 14.9 Å². The molecule has 0 fully saturated rings. The van der Waals surface area contributed by atoms with Crippen LogP contribution >= 0.6 is 0 Å². The van der Waals surface area contributed by atoms with Gasteiger partial charge in [-0.2, -0.15) is 0 Å². The molecule has 2 aromatic carbocycles. The zero-order valence-corrected chi connectivity index (χ0v) is 16.5. The molecule has 0 unspecified atom stereocenters. The first kappa shape index (κ1) is 20.9. The summed E-state index contributed by atoms with van der Waals surface area (Å²) in [6, 6.07) is 13.2. The summed E-state index contributed by atoms with van der Waals surface area (Å²) in [5.41, 5.74) is 1.02. The number of carbonyl (C=O) groups is 1. The summed E-state index contributed by atoms with van der Waals surface area (Å²) >= 11 is 0. The van der Waals surface area contributed by atoms with Crippen molar-refractivity contribution in [3.05, 3.63) is 59.7 Å². The van der Waals surface area contributed by atoms with Crippen LogP contribution in [0.3, 0.4) is 0 Å². The van der Waals surface area contributed by atoms with Gasteiger partial charge in [0.2, 0.25) is 10.0 Å². The molecule has 2 aromatic rings. The number of ether oxygens (including phenoxy) is 1. The minimum atomic E-state index is -3.77. The number of methoxy groups -OCH3 is 1. The lowest BCUT2D eigenvalue weighted by atomic mass is 10.2. The van der Waals surface area contributed by atoms with Crippen LogP contribution in [0, 0.1) is 0 Å². The van der Waals surface area contributed by atoms with E-state index in [1.54, 1.807) is 24.3 Å². The van der Waals surface area contributed by atoms with Crippen LogP contribution < -0.4 is 14.8 Å². The number of rotatable bonds is 9. The Balaban J connectivity index is 2.08. The molecule has 0 bridgehead atoms. The van der Waals surface area contributed by atoms with E-state index in [0.29, 0.717) is 24.4 Å². The molecule has 7 nitrogen and oxygen atoms in total. The van der Waals surface area contributed by atoms with Crippen molar-refractivity contribution in [1.29, 1.82) is 0 Å². The Kier molecular flexibility index (Phi) is 7.35. The summed E-state index contributed by atoms with van der Waals surface area (Å²) in [6.45, 7) is 1.27. The van der Waals surface area contributed by atoms with Crippen LogP contribution in [0.1, 0.15) is 15.9 Å². The summed E-state index contributed by atoms with van der Waals surface area (Å²) in [5, 5.41) is 2.77. The average molecular weight is 391 g/mol. The van der Waals surface area contributed by atoms with Crippen LogP contribution in [0.5, 0.6) is 5.75 Å². The number of likely N-dealkylation sites (N-methyl/N-ethyl adjacent to an activating group) is 1. The fraction of sp³-hybridized carbons (Fsp3) is 0.316. The molecule has 8 heteroatoms. The molecule has 0 aliphatic carbocycles. The van der Waals surface area contributed by atoms with Gasteiger partial charge in [-0.15, -0.1) is 0 Å². The first-order chi connectivity index (χ1) is 12.8. The summed E-state index contributed by atoms with van der Waals surface area (Å²) in [6.07, 6.45) is 0. The first-order valence-corrected chi connectivity index (χ1v) is 9.96. The van der Waals surface area contributed by atoms with E-state index >= 15 is 0 Å². The molecular formula is C19H25N3O4S. The van der Waals surface area contributed by atoms with E-state index in [0.717, 1.165) is 5.56 Å². The Morgan fingerprint density at radius 1 is 1.11 bits per heavy atom. The molecule has 0 aliphatic heterocycles. The maximum Gasteiger partial charge on any atom is 0.251 e. The molecule has 2 N–H and O–H groups in total. The van der Waals surface area contributed by atoms with Crippen LogP contribution in [0.25, 0.3) is 0 Å². The molecule has 0 saturated carbocycles. The zero-order chi connectivity index (χ0) is 19.9. The van der Waals surface area contributed by atoms with Gasteiger partial charge >= 0.3 is 0 Å². The van der Waals surface area contributed by atoms with Gasteiger partial charge in [0.05, 0.1) is 12.0 Å². The molecule has 0 heterocycles. The first-order valence-electron chi connectivity index (χ1n) is 8.48. The normalized spacial score (nSPS) is 11.4. The molecule has 0 aliphatic rings. The fourth-order valence-corrected chi connectivity index (χ4v) is 3.46. The minimum Gasteiger partial charge on any atom is -0.496 e. The number of benzene rings is 2. The molecule has 0 saturated heterocycles. The van der Waals surface area contributed by atoms with Gasteiger partial charge in [0.1, 0.15) is 5.75 Å². The van der Waals surface area contributed by atoms with E-state index in [2.05, 4.69) is 10.0 Å². The van der Waals surface area contributed by atoms with Crippen molar-refractivity contribution < 1.29 is 17.9 Å². The Labute approximate surface area is 160 Å². The molecular weight excluding hydrogens is 366 g/mol. The quantitative estimate of drug-likeness (QED) is 0.676. The van der Waals surface area contributed by atoms with Gasteiger partial charge in [-0.05, 0) is 38.4 Å². The van der Waals surface area contributed by atoms with E-state index in [1.165, 1.54) is 19.2 Å². The van der Waals surface area contributed by atoms with E-state index in [1.807, 2.05) is 31.1 Å². The lowest BCUT2D eigenvalue weighted by molar-refractivity contribution is 0.0951. The van der Waals surface area contributed by atoms with Crippen LogP contribution in [0.4, 0.5) is 0 Å². The summed E-state index contributed by atoms with van der Waals surface area (Å²) < 4.78 is 33.0. The van der Waals surface area contributed by atoms with Crippen LogP contribution in [0.15, 0.2) is 53.4 Å². The van der Waals surface area contributed by atoms with Gasteiger partial charge in [0.25, 0.3) is 5.91 Å². The van der Waals surface area contributed by atoms with Gasteiger partial charge in [0.15, 0.2) is 0 Å². The third kappa shape index (κ3) is 6.06. The SMILES string of the molecule is COc1ccccc1CNS(=O)(=O)c1cccc(C(=O)NCCN(C)C)c1. The molecule has 146 valence electrons. The topological polar surface area (TPSA) is 87.7 Å². The van der Waals surface area contributed by atoms with Gasteiger partial charge < -0.3 is 15.0 Å². The largest absolute Gasteiger partial charge is 0.496 e. The van der Waals surface area contributed by atoms with Crippen molar-refractivity contribution >= 4 is 15.9 Å². The van der Waals surface area contributed by atoms with Crippen LogP contribution in [-0.2, 0) is 16.6 Å². The highest BCUT2D eigenvalue weighted by molar-refractivity contribution is 7.89. The molecule has 0 spiro atoms. The predicted octanol–water partition coefficient (Wildman–Crippen LogP) is 1.47. The number of amides is 1. The molecule has 27 heavy (non-hydrogen) atoms. The number of sulfonamides is 1. The highest BCUT2D eigenvalue weighted by Crippen LogP contribution is 2.18. The minimum absolute atomic E-state index is 0.0395. The van der Waals surface area contributed by atoms with Crippen molar-refractivity contribution in [3.8, 4) is 5.75 Å². The molecule has 0 atom stereocenters. The Bertz CT molecular complexity index is 882. The Morgan fingerprint density at radius 3 is 2.56 bits per heavy atom. The molecule has 1 amide bonds. The third-order valence-electron chi connectivity index (χ3n) is 3.90. The summed E-state index contributed by atoms with van der Waals surface area (Å²) in [5.74, 6) is 0.299. The van der Waals surface area contributed by atoms with E-state index < -0.39 is 10.0 Å². The van der Waals surface area contributed by atoms with Crippen molar-refractivity contribution in [2.75, 3.05) is 34.3 Å². The summed E-state index contributed by atoms with van der Waals surface area (Å²) in [7, 11) is 1.59. The second-order valence-electron chi connectivity index (χ2n) is 6.22. The van der Waals surface area contributed by atoms with Crippen LogP contribution in [0.2, 0.25) is 0 Å². The standard InChI is InChI=1S/C19H25N3O4S/c1-22(2)12-11-20-19(23)15-8-6-9-17(13-15)27(24,25)21-14-16-7-4-5-10-18(16)26-3/h4-10,13,21H,11-12,14H2,1-3H3,(H,20,23). The second kappa shape index (κ2) is 9.50.